The van der Waals surface area contributed by atoms with Gasteiger partial charge in [-0.25, -0.2) is 0 Å². The van der Waals surface area contributed by atoms with Crippen LogP contribution in [-0.2, 0) is 37.6 Å². The number of rotatable bonds is 8. The van der Waals surface area contributed by atoms with Crippen molar-refractivity contribution in [2.45, 2.75) is 46.8 Å². The van der Waals surface area contributed by atoms with E-state index in [-0.39, 0.29) is 6.61 Å². The first kappa shape index (κ1) is 35.5. The van der Waals surface area contributed by atoms with E-state index >= 15 is 0 Å². The summed E-state index contributed by atoms with van der Waals surface area (Å²) in [5.41, 5.74) is 11.6. The Bertz CT molecular complexity index is 2500. The lowest BCUT2D eigenvalue weighted by Gasteiger charge is -2.14. The third kappa shape index (κ3) is 7.35. The molecule has 0 spiro atoms. The monoisotopic (exact) mass is 728 g/mol. The van der Waals surface area contributed by atoms with Crippen LogP contribution in [0.5, 0.6) is 5.75 Å². The van der Waals surface area contributed by atoms with Crippen LogP contribution in [0.3, 0.4) is 0 Å². The van der Waals surface area contributed by atoms with Gasteiger partial charge in [-0.3, -0.25) is 19.1 Å². The highest BCUT2D eigenvalue weighted by Crippen LogP contribution is 2.29. The number of aliphatic imine (C=N–C) groups is 2. The lowest BCUT2D eigenvalue weighted by atomic mass is 9.98. The van der Waals surface area contributed by atoms with E-state index in [2.05, 4.69) is 93.4 Å². The van der Waals surface area contributed by atoms with Gasteiger partial charge >= 0.3 is 0 Å². The molecule has 0 saturated heterocycles. The normalized spacial score (nSPS) is 12.7. The third-order valence-corrected chi connectivity index (χ3v) is 9.54. The number of methoxy groups -OCH3 is 1. The van der Waals surface area contributed by atoms with E-state index in [4.69, 9.17) is 19.5 Å². The van der Waals surface area contributed by atoms with Crippen molar-refractivity contribution in [1.29, 1.82) is 0 Å². The molecule has 0 bridgehead atoms. The van der Waals surface area contributed by atoms with Crippen molar-refractivity contribution in [1.82, 2.24) is 29.5 Å². The highest BCUT2D eigenvalue weighted by atomic mass is 16.5. The van der Waals surface area contributed by atoms with Gasteiger partial charge in [0, 0.05) is 22.3 Å². The average molecular weight is 729 g/mol. The summed E-state index contributed by atoms with van der Waals surface area (Å²) in [5.74, 6) is 3.68. The molecular weight excluding hydrogens is 689 g/mol. The van der Waals surface area contributed by atoms with Gasteiger partial charge in [-0.2, -0.15) is 0 Å². The van der Waals surface area contributed by atoms with E-state index in [0.29, 0.717) is 32.1 Å². The molecule has 11 nitrogen and oxygen atoms in total. The van der Waals surface area contributed by atoms with Crippen molar-refractivity contribution in [2.24, 2.45) is 9.98 Å². The first-order valence-corrected chi connectivity index (χ1v) is 18.1. The van der Waals surface area contributed by atoms with Gasteiger partial charge in [0.05, 0.1) is 36.5 Å². The summed E-state index contributed by atoms with van der Waals surface area (Å²) in [6, 6.07) is 40.9. The van der Waals surface area contributed by atoms with Gasteiger partial charge in [-0.05, 0) is 55.8 Å². The number of aromatic nitrogens is 6. The number of hydrogen-bond donors (Lipinski definition) is 1. The van der Waals surface area contributed by atoms with Gasteiger partial charge in [0.2, 0.25) is 0 Å². The summed E-state index contributed by atoms with van der Waals surface area (Å²) in [6.45, 7) is 5.74. The van der Waals surface area contributed by atoms with Crippen LogP contribution in [0.1, 0.15) is 62.2 Å². The Morgan fingerprint density at radius 2 is 1.09 bits per heavy atom. The quantitative estimate of drug-likeness (QED) is 0.178. The van der Waals surface area contributed by atoms with E-state index in [0.717, 1.165) is 79.4 Å². The fraction of sp³-hybridized carbons (Fsp3) is 0.182. The zero-order valence-electron chi connectivity index (χ0n) is 30.9. The van der Waals surface area contributed by atoms with Crippen LogP contribution in [0.4, 0.5) is 0 Å². The highest BCUT2D eigenvalue weighted by Gasteiger charge is 2.24. The first-order valence-electron chi connectivity index (χ1n) is 18.1. The lowest BCUT2D eigenvalue weighted by molar-refractivity contribution is 0.100. The van der Waals surface area contributed by atoms with Crippen LogP contribution >= 0.6 is 0 Å². The van der Waals surface area contributed by atoms with Crippen LogP contribution in [0.25, 0.3) is 11.4 Å². The Balaban J connectivity index is 0.000000164. The van der Waals surface area contributed by atoms with Crippen LogP contribution in [0.15, 0.2) is 131 Å². The molecule has 4 heterocycles. The number of aryl methyl sites for hydroxylation is 2. The minimum atomic E-state index is -0.152. The summed E-state index contributed by atoms with van der Waals surface area (Å²) in [4.78, 5) is 9.69. The average Bonchev–Trinajstić information content (AvgIpc) is 3.74. The van der Waals surface area contributed by atoms with Crippen molar-refractivity contribution < 1.29 is 14.6 Å². The SMILES string of the molecule is COc1ccc(COCc2nnc3n2-c2ccc(C)cc2C(c2ccccc2)=NC3)cc1.Cc1ccc2c(c1)C(c1ccccc1)=NCc1nnc(CO)n1-2. The molecule has 2 aromatic heterocycles. The van der Waals surface area contributed by atoms with Gasteiger partial charge in [0.25, 0.3) is 0 Å². The highest BCUT2D eigenvalue weighted by molar-refractivity contribution is 6.16. The molecule has 1 N–H and O–H groups in total. The summed E-state index contributed by atoms with van der Waals surface area (Å²) in [5, 5.41) is 26.7. The maximum absolute atomic E-state index is 9.58. The van der Waals surface area contributed by atoms with Gasteiger partial charge in [0.1, 0.15) is 32.1 Å². The molecule has 0 fully saturated rings. The maximum Gasteiger partial charge on any atom is 0.163 e. The third-order valence-electron chi connectivity index (χ3n) is 9.54. The fourth-order valence-corrected chi connectivity index (χ4v) is 6.87. The van der Waals surface area contributed by atoms with Gasteiger partial charge in [-0.15, -0.1) is 20.4 Å². The molecule has 274 valence electrons. The summed E-state index contributed by atoms with van der Waals surface area (Å²) >= 11 is 0. The molecule has 0 unspecified atom stereocenters. The molecule has 2 aliphatic rings. The Hall–Kier alpha value is -6.56. The number of fused-ring (bicyclic) bond motifs is 6. The molecule has 5 aromatic carbocycles. The van der Waals surface area contributed by atoms with Crippen LogP contribution in [0.2, 0.25) is 0 Å². The van der Waals surface area contributed by atoms with Crippen LogP contribution < -0.4 is 4.74 Å². The molecule has 0 radical (unpaired) electrons. The Labute approximate surface area is 319 Å². The largest absolute Gasteiger partial charge is 0.497 e. The second-order valence-electron chi connectivity index (χ2n) is 13.3. The van der Waals surface area contributed by atoms with E-state index in [9.17, 15) is 5.11 Å². The molecule has 0 aliphatic carbocycles. The zero-order valence-corrected chi connectivity index (χ0v) is 30.9. The minimum Gasteiger partial charge on any atom is -0.497 e. The Morgan fingerprint density at radius 1 is 0.582 bits per heavy atom. The van der Waals surface area contributed by atoms with Gasteiger partial charge in [0.15, 0.2) is 23.3 Å². The van der Waals surface area contributed by atoms with Crippen molar-refractivity contribution in [3.8, 4) is 17.1 Å². The smallest absolute Gasteiger partial charge is 0.163 e. The number of ether oxygens (including phenoxy) is 2. The van der Waals surface area contributed by atoms with Crippen LogP contribution in [-0.4, -0.2) is 53.2 Å². The fourth-order valence-electron chi connectivity index (χ4n) is 6.87. The molecular formula is C44H40N8O3. The summed E-state index contributed by atoms with van der Waals surface area (Å²) in [7, 11) is 1.66. The van der Waals surface area contributed by atoms with Gasteiger partial charge < -0.3 is 14.6 Å². The first-order chi connectivity index (χ1) is 27.0. The molecule has 0 atom stereocenters. The lowest BCUT2D eigenvalue weighted by Crippen LogP contribution is -2.10. The second-order valence-corrected chi connectivity index (χ2v) is 13.3. The van der Waals surface area contributed by atoms with Crippen LogP contribution in [0, 0.1) is 13.8 Å². The zero-order chi connectivity index (χ0) is 37.7. The number of aliphatic hydroxyl groups excluding tert-OH is 1. The predicted molar refractivity (Wildman–Crippen MR) is 211 cm³/mol. The van der Waals surface area contributed by atoms with Gasteiger partial charge in [-0.1, -0.05) is 96.1 Å². The number of nitrogens with zero attached hydrogens (tertiary/aromatic N) is 8. The van der Waals surface area contributed by atoms with Crippen molar-refractivity contribution >= 4 is 11.4 Å². The Kier molecular flexibility index (Phi) is 10.2. The number of aliphatic hydroxyl groups is 1. The molecule has 55 heavy (non-hydrogen) atoms. The van der Waals surface area contributed by atoms with Crippen molar-refractivity contribution in [3.05, 3.63) is 184 Å². The summed E-state index contributed by atoms with van der Waals surface area (Å²) in [6.07, 6.45) is 0. The standard InChI is InChI=1S/C26H24N4O2.C18H16N4O/c1-18-8-13-23-22(14-18)26(20-6-4-3-5-7-20)27-15-24-28-29-25(30(23)24)17-32-16-19-9-11-21(31-2)12-10-19;1-12-7-8-15-14(9-12)18(13-5-3-2-4-6-13)19-10-16-20-21-17(11-23)22(15)16/h3-14H,15-17H2,1-2H3;2-9,23H,10-11H2,1H3. The Morgan fingerprint density at radius 3 is 1.60 bits per heavy atom. The molecule has 2 aliphatic heterocycles. The molecule has 0 saturated carbocycles. The molecule has 0 amide bonds. The topological polar surface area (TPSA) is 125 Å². The molecule has 7 aromatic rings. The minimum absolute atomic E-state index is 0.152. The number of benzene rings is 5. The van der Waals surface area contributed by atoms with Crippen molar-refractivity contribution in [2.75, 3.05) is 7.11 Å². The van der Waals surface area contributed by atoms with E-state index in [1.165, 1.54) is 5.56 Å². The van der Waals surface area contributed by atoms with E-state index in [1.807, 2.05) is 71.3 Å². The maximum atomic E-state index is 9.58. The molecule has 9 rings (SSSR count). The van der Waals surface area contributed by atoms with E-state index < -0.39 is 0 Å². The predicted octanol–water partition coefficient (Wildman–Crippen LogP) is 7.07. The number of hydrogen-bond acceptors (Lipinski definition) is 9. The van der Waals surface area contributed by atoms with Crippen molar-refractivity contribution in [3.63, 3.8) is 0 Å². The summed E-state index contributed by atoms with van der Waals surface area (Å²) < 4.78 is 15.2. The molecule has 11 heteroatoms. The second kappa shape index (κ2) is 15.8. The van der Waals surface area contributed by atoms with E-state index in [1.54, 1.807) is 7.11 Å².